The summed E-state index contributed by atoms with van der Waals surface area (Å²) in [5.41, 5.74) is 3.59. The fourth-order valence-corrected chi connectivity index (χ4v) is 3.48. The zero-order valence-electron chi connectivity index (χ0n) is 15.2. The van der Waals surface area contributed by atoms with Gasteiger partial charge in [0.05, 0.1) is 5.25 Å². The first kappa shape index (κ1) is 19.3. The molecule has 0 spiro atoms. The van der Waals surface area contributed by atoms with Crippen molar-refractivity contribution in [3.05, 3.63) is 58.6 Å². The van der Waals surface area contributed by atoms with E-state index in [9.17, 15) is 4.79 Å². The molecule has 140 valence electrons. The maximum absolute atomic E-state index is 12.5. The van der Waals surface area contributed by atoms with E-state index in [4.69, 9.17) is 17.4 Å². The van der Waals surface area contributed by atoms with Crippen molar-refractivity contribution < 1.29 is 4.79 Å². The van der Waals surface area contributed by atoms with Crippen LogP contribution in [0.1, 0.15) is 18.1 Å². The normalized spacial score (nSPS) is 12.0. The van der Waals surface area contributed by atoms with Crippen LogP contribution in [0.2, 0.25) is 5.02 Å². The van der Waals surface area contributed by atoms with Crippen LogP contribution in [-0.2, 0) is 4.79 Å². The number of benzene rings is 2. The Labute approximate surface area is 167 Å². The molecule has 0 saturated heterocycles. The smallest absolute Gasteiger partial charge is 0.237 e. The molecule has 0 bridgehead atoms. The van der Waals surface area contributed by atoms with Gasteiger partial charge in [-0.05, 0) is 44.0 Å². The maximum atomic E-state index is 12.5. The van der Waals surface area contributed by atoms with Gasteiger partial charge in [-0.25, -0.2) is 4.68 Å². The predicted octanol–water partition coefficient (Wildman–Crippen LogP) is 4.05. The Morgan fingerprint density at radius 1 is 1.19 bits per heavy atom. The fourth-order valence-electron chi connectivity index (χ4n) is 2.54. The molecule has 1 amide bonds. The summed E-state index contributed by atoms with van der Waals surface area (Å²) in [5.74, 6) is 6.57. The molecule has 0 unspecified atom stereocenters. The highest BCUT2D eigenvalue weighted by atomic mass is 35.5. The summed E-state index contributed by atoms with van der Waals surface area (Å²) in [4.78, 5) is 12.5. The molecule has 8 heteroatoms. The largest absolute Gasteiger partial charge is 0.335 e. The van der Waals surface area contributed by atoms with Crippen molar-refractivity contribution in [1.29, 1.82) is 0 Å². The highest BCUT2D eigenvalue weighted by Gasteiger charge is 2.21. The third kappa shape index (κ3) is 4.26. The first-order valence-corrected chi connectivity index (χ1v) is 9.62. The highest BCUT2D eigenvalue weighted by molar-refractivity contribution is 8.00. The van der Waals surface area contributed by atoms with Crippen LogP contribution in [-0.4, -0.2) is 26.0 Å². The van der Waals surface area contributed by atoms with E-state index in [0.29, 0.717) is 21.7 Å². The quantitative estimate of drug-likeness (QED) is 0.497. The average molecular weight is 402 g/mol. The van der Waals surface area contributed by atoms with Gasteiger partial charge in [-0.3, -0.25) is 4.79 Å². The molecule has 0 aliphatic heterocycles. The third-order valence-corrected chi connectivity index (χ3v) is 5.45. The molecule has 0 radical (unpaired) electrons. The Balaban J connectivity index is 1.75. The molecule has 6 nitrogen and oxygen atoms in total. The minimum atomic E-state index is -0.417. The lowest BCUT2D eigenvalue weighted by Crippen LogP contribution is -2.24. The average Bonchev–Trinajstić information content (AvgIpc) is 2.99. The van der Waals surface area contributed by atoms with Crippen molar-refractivity contribution in [1.82, 2.24) is 14.9 Å². The van der Waals surface area contributed by atoms with Crippen molar-refractivity contribution in [3.8, 4) is 11.4 Å². The van der Waals surface area contributed by atoms with Crippen LogP contribution in [0.25, 0.3) is 11.4 Å². The molecule has 0 aliphatic rings. The van der Waals surface area contributed by atoms with Crippen molar-refractivity contribution in [3.63, 3.8) is 0 Å². The van der Waals surface area contributed by atoms with Crippen LogP contribution in [0, 0.1) is 13.8 Å². The van der Waals surface area contributed by atoms with Crippen LogP contribution in [0.15, 0.2) is 47.6 Å². The van der Waals surface area contributed by atoms with Crippen LogP contribution in [0.4, 0.5) is 5.69 Å². The van der Waals surface area contributed by atoms with Crippen LogP contribution >= 0.6 is 23.4 Å². The molecule has 1 aromatic heterocycles. The number of nitrogens with zero attached hydrogens (tertiary/aromatic N) is 3. The van der Waals surface area contributed by atoms with E-state index in [-0.39, 0.29) is 5.91 Å². The summed E-state index contributed by atoms with van der Waals surface area (Å²) in [7, 11) is 0. The van der Waals surface area contributed by atoms with Gasteiger partial charge >= 0.3 is 0 Å². The van der Waals surface area contributed by atoms with Gasteiger partial charge < -0.3 is 11.2 Å². The van der Waals surface area contributed by atoms with E-state index in [2.05, 4.69) is 15.5 Å². The molecule has 0 saturated carbocycles. The number of nitrogens with two attached hydrogens (primary N) is 1. The van der Waals surface area contributed by atoms with Gasteiger partial charge in [-0.15, -0.1) is 10.2 Å². The lowest BCUT2D eigenvalue weighted by atomic mass is 10.1. The molecule has 3 rings (SSSR count). The van der Waals surface area contributed by atoms with Crippen LogP contribution < -0.4 is 11.2 Å². The van der Waals surface area contributed by atoms with Crippen LogP contribution in [0.3, 0.4) is 0 Å². The van der Waals surface area contributed by atoms with E-state index < -0.39 is 5.25 Å². The number of aromatic nitrogens is 3. The van der Waals surface area contributed by atoms with Gasteiger partial charge in [0.15, 0.2) is 5.82 Å². The number of aryl methyl sites for hydroxylation is 2. The van der Waals surface area contributed by atoms with Crippen molar-refractivity contribution >= 4 is 35.0 Å². The zero-order valence-corrected chi connectivity index (χ0v) is 16.8. The van der Waals surface area contributed by atoms with Gasteiger partial charge in [0, 0.05) is 16.3 Å². The Morgan fingerprint density at radius 2 is 1.93 bits per heavy atom. The number of hydrogen-bond donors (Lipinski definition) is 2. The van der Waals surface area contributed by atoms with E-state index in [1.165, 1.54) is 16.4 Å². The Kier molecular flexibility index (Phi) is 5.72. The lowest BCUT2D eigenvalue weighted by molar-refractivity contribution is -0.115. The van der Waals surface area contributed by atoms with E-state index in [1.54, 1.807) is 19.1 Å². The molecule has 2 aromatic carbocycles. The number of amides is 1. The molecule has 27 heavy (non-hydrogen) atoms. The summed E-state index contributed by atoms with van der Waals surface area (Å²) < 4.78 is 1.42. The first-order valence-electron chi connectivity index (χ1n) is 8.37. The Bertz CT molecular complexity index is 988. The second-order valence-corrected chi connectivity index (χ2v) is 7.94. The van der Waals surface area contributed by atoms with Gasteiger partial charge in [-0.2, -0.15) is 0 Å². The first-order chi connectivity index (χ1) is 12.9. The Hall–Kier alpha value is -2.51. The second kappa shape index (κ2) is 8.02. The van der Waals surface area contributed by atoms with Gasteiger partial charge in [0.2, 0.25) is 11.1 Å². The predicted molar refractivity (Wildman–Crippen MR) is 110 cm³/mol. The van der Waals surface area contributed by atoms with Crippen molar-refractivity contribution in [2.24, 2.45) is 0 Å². The van der Waals surface area contributed by atoms with Gasteiger partial charge in [-0.1, -0.05) is 53.7 Å². The van der Waals surface area contributed by atoms with E-state index >= 15 is 0 Å². The van der Waals surface area contributed by atoms with Gasteiger partial charge in [0.1, 0.15) is 0 Å². The maximum Gasteiger partial charge on any atom is 0.237 e. The van der Waals surface area contributed by atoms with Crippen LogP contribution in [0.5, 0.6) is 0 Å². The summed E-state index contributed by atoms with van der Waals surface area (Å²) in [6.07, 6.45) is 0. The number of anilines is 1. The fraction of sp³-hybridized carbons (Fsp3) is 0.211. The summed E-state index contributed by atoms with van der Waals surface area (Å²) in [6, 6.07) is 13.2. The molecule has 1 heterocycles. The lowest BCUT2D eigenvalue weighted by Gasteiger charge is -2.13. The van der Waals surface area contributed by atoms with Crippen molar-refractivity contribution in [2.75, 3.05) is 11.2 Å². The number of nitrogen functional groups attached to an aromatic ring is 1. The molecule has 1 atom stereocenters. The number of hydrogen-bond acceptors (Lipinski definition) is 5. The number of carbonyl (C=O) groups is 1. The summed E-state index contributed by atoms with van der Waals surface area (Å²) >= 11 is 7.26. The number of carbonyl (C=O) groups excluding carboxylic acids is 1. The minimum absolute atomic E-state index is 0.161. The molecule has 0 aliphatic carbocycles. The molecular formula is C19H20ClN5OS. The summed E-state index contributed by atoms with van der Waals surface area (Å²) in [6.45, 7) is 5.69. The monoisotopic (exact) mass is 401 g/mol. The van der Waals surface area contributed by atoms with Crippen molar-refractivity contribution in [2.45, 2.75) is 31.2 Å². The second-order valence-electron chi connectivity index (χ2n) is 6.20. The van der Waals surface area contributed by atoms with E-state index in [1.807, 2.05) is 44.2 Å². The number of thioether (sulfide) groups is 1. The van der Waals surface area contributed by atoms with Gasteiger partial charge in [0.25, 0.3) is 0 Å². The number of nitrogens with one attached hydrogen (secondary N) is 1. The Morgan fingerprint density at radius 3 is 2.67 bits per heavy atom. The van der Waals surface area contributed by atoms with E-state index in [0.717, 1.165) is 16.7 Å². The number of rotatable bonds is 5. The molecular weight excluding hydrogens is 382 g/mol. The SMILES string of the molecule is Cc1ccc(Cl)cc1NC(=O)[C@@H](C)Sc1nnc(-c2ccccc2C)n1N. The highest BCUT2D eigenvalue weighted by Crippen LogP contribution is 2.27. The zero-order chi connectivity index (χ0) is 19.6. The number of halogens is 1. The standard InChI is InChI=1S/C19H20ClN5OS/c1-11-6-4-5-7-15(11)17-23-24-19(25(17)21)27-13(3)18(26)22-16-10-14(20)9-8-12(16)2/h4-10,13H,21H2,1-3H3,(H,22,26)/t13-/m1/s1. The molecule has 3 aromatic rings. The summed E-state index contributed by atoms with van der Waals surface area (Å²) in [5, 5.41) is 11.9. The third-order valence-electron chi connectivity index (χ3n) is 4.16. The topological polar surface area (TPSA) is 85.8 Å². The molecule has 0 fully saturated rings. The minimum Gasteiger partial charge on any atom is -0.335 e. The molecule has 3 N–H and O–H groups in total.